The van der Waals surface area contributed by atoms with Crippen LogP contribution in [0.25, 0.3) is 0 Å². The van der Waals surface area contributed by atoms with Crippen LogP contribution in [0.4, 0.5) is 5.69 Å². The minimum absolute atomic E-state index is 0.0695. The van der Waals surface area contributed by atoms with Crippen LogP contribution in [-0.2, 0) is 0 Å². The van der Waals surface area contributed by atoms with Crippen molar-refractivity contribution >= 4 is 5.69 Å². The maximum atomic E-state index is 9.14. The predicted octanol–water partition coefficient (Wildman–Crippen LogP) is 3.35. The largest absolute Gasteiger partial charge is 0.373 e. The zero-order valence-electron chi connectivity index (χ0n) is 11.2. The van der Waals surface area contributed by atoms with Crippen molar-refractivity contribution in [3.63, 3.8) is 0 Å². The number of hydrogen-bond donors (Lipinski definition) is 0. The molecule has 0 unspecified atom stereocenters. The Labute approximate surface area is 104 Å². The maximum absolute atomic E-state index is 9.14. The number of benzene rings is 1. The van der Waals surface area contributed by atoms with Crippen molar-refractivity contribution in [2.45, 2.75) is 33.6 Å². The lowest BCUT2D eigenvalue weighted by Gasteiger charge is -2.25. The van der Waals surface area contributed by atoms with Crippen molar-refractivity contribution in [1.82, 2.24) is 0 Å². The van der Waals surface area contributed by atoms with Crippen LogP contribution in [0.2, 0.25) is 0 Å². The number of nitrogens with zero attached hydrogens (tertiary/aromatic N) is 2. The summed E-state index contributed by atoms with van der Waals surface area (Å²) < 4.78 is 0. The van der Waals surface area contributed by atoms with E-state index in [4.69, 9.17) is 5.26 Å². The van der Waals surface area contributed by atoms with Gasteiger partial charge in [0.1, 0.15) is 0 Å². The minimum atomic E-state index is -0.0695. The van der Waals surface area contributed by atoms with E-state index in [2.05, 4.69) is 50.9 Å². The van der Waals surface area contributed by atoms with Gasteiger partial charge in [-0.3, -0.25) is 0 Å². The molecule has 1 aromatic carbocycles. The van der Waals surface area contributed by atoms with Crippen LogP contribution in [0.1, 0.15) is 29.5 Å². The molecule has 0 heterocycles. The van der Waals surface area contributed by atoms with Crippen LogP contribution in [0.15, 0.2) is 12.1 Å². The molecule has 0 bridgehead atoms. The molecule has 0 N–H and O–H groups in total. The van der Waals surface area contributed by atoms with Crippen molar-refractivity contribution in [2.24, 2.45) is 5.41 Å². The molecule has 0 aromatic heterocycles. The van der Waals surface area contributed by atoms with Gasteiger partial charge in [-0.2, -0.15) is 5.26 Å². The average Bonchev–Trinajstić information content (AvgIpc) is 3.06. The first-order valence-electron chi connectivity index (χ1n) is 6.18. The van der Waals surface area contributed by atoms with Crippen LogP contribution in [0, 0.1) is 37.5 Å². The summed E-state index contributed by atoms with van der Waals surface area (Å²) >= 11 is 0. The van der Waals surface area contributed by atoms with E-state index >= 15 is 0 Å². The molecule has 2 heteroatoms. The highest BCUT2D eigenvalue weighted by Crippen LogP contribution is 2.46. The first kappa shape index (κ1) is 12.0. The molecule has 1 aliphatic carbocycles. The van der Waals surface area contributed by atoms with Crippen molar-refractivity contribution in [3.05, 3.63) is 28.8 Å². The van der Waals surface area contributed by atoms with E-state index in [1.54, 1.807) is 0 Å². The van der Waals surface area contributed by atoms with Crippen LogP contribution < -0.4 is 4.90 Å². The Hall–Kier alpha value is -1.49. The van der Waals surface area contributed by atoms with Gasteiger partial charge in [0.2, 0.25) is 0 Å². The summed E-state index contributed by atoms with van der Waals surface area (Å²) in [4.78, 5) is 2.23. The third kappa shape index (κ3) is 2.15. The summed E-state index contributed by atoms with van der Waals surface area (Å²) in [6.45, 7) is 7.33. The summed E-state index contributed by atoms with van der Waals surface area (Å²) in [6, 6.07) is 6.80. The van der Waals surface area contributed by atoms with Gasteiger partial charge in [0.05, 0.1) is 11.5 Å². The van der Waals surface area contributed by atoms with E-state index in [0.717, 1.165) is 19.4 Å². The lowest BCUT2D eigenvalue weighted by molar-refractivity contribution is 0.652. The average molecular weight is 228 g/mol. The monoisotopic (exact) mass is 228 g/mol. The predicted molar refractivity (Wildman–Crippen MR) is 71.2 cm³/mol. The molecule has 1 aliphatic rings. The van der Waals surface area contributed by atoms with Gasteiger partial charge in [-0.1, -0.05) is 6.07 Å². The number of anilines is 1. The number of rotatable bonds is 3. The van der Waals surface area contributed by atoms with Crippen molar-refractivity contribution in [3.8, 4) is 6.07 Å². The van der Waals surface area contributed by atoms with Crippen LogP contribution in [-0.4, -0.2) is 13.6 Å². The highest BCUT2D eigenvalue weighted by atomic mass is 15.1. The third-order valence-electron chi connectivity index (χ3n) is 4.07. The van der Waals surface area contributed by atoms with Gasteiger partial charge in [0.15, 0.2) is 0 Å². The lowest BCUT2D eigenvalue weighted by Crippen LogP contribution is -2.26. The molecule has 0 spiro atoms. The van der Waals surface area contributed by atoms with Gasteiger partial charge < -0.3 is 4.90 Å². The molecule has 90 valence electrons. The second kappa shape index (κ2) is 4.07. The Morgan fingerprint density at radius 3 is 2.41 bits per heavy atom. The summed E-state index contributed by atoms with van der Waals surface area (Å²) in [5.74, 6) is 0. The maximum Gasteiger partial charge on any atom is 0.0749 e. The van der Waals surface area contributed by atoms with E-state index in [0.29, 0.717) is 0 Å². The van der Waals surface area contributed by atoms with E-state index in [-0.39, 0.29) is 5.41 Å². The third-order valence-corrected chi connectivity index (χ3v) is 4.07. The van der Waals surface area contributed by atoms with E-state index in [1.807, 2.05) is 0 Å². The Morgan fingerprint density at radius 2 is 1.88 bits per heavy atom. The van der Waals surface area contributed by atoms with Gasteiger partial charge >= 0.3 is 0 Å². The number of aryl methyl sites for hydroxylation is 1. The Kier molecular flexibility index (Phi) is 2.87. The van der Waals surface area contributed by atoms with Crippen molar-refractivity contribution < 1.29 is 0 Å². The van der Waals surface area contributed by atoms with Crippen molar-refractivity contribution in [1.29, 1.82) is 5.26 Å². The molecule has 2 nitrogen and oxygen atoms in total. The molecule has 0 radical (unpaired) electrons. The summed E-state index contributed by atoms with van der Waals surface area (Å²) in [7, 11) is 2.09. The molecule has 0 atom stereocenters. The standard InChI is InChI=1S/C15H20N2/c1-11-5-6-14(13(3)12(11)2)17(4)10-15(9-16)7-8-15/h5-6H,7-8,10H2,1-4H3. The molecular weight excluding hydrogens is 208 g/mol. The SMILES string of the molecule is Cc1ccc(N(C)CC2(C#N)CC2)c(C)c1C. The molecule has 0 aliphatic heterocycles. The topological polar surface area (TPSA) is 27.0 Å². The molecule has 0 amide bonds. The Balaban J connectivity index is 2.23. The Morgan fingerprint density at radius 1 is 1.24 bits per heavy atom. The van der Waals surface area contributed by atoms with Gasteiger partial charge in [0, 0.05) is 19.3 Å². The van der Waals surface area contributed by atoms with E-state index in [9.17, 15) is 0 Å². The second-order valence-electron chi connectivity index (χ2n) is 5.40. The highest BCUT2D eigenvalue weighted by Gasteiger charge is 2.44. The molecule has 17 heavy (non-hydrogen) atoms. The molecule has 1 aromatic rings. The first-order valence-corrected chi connectivity index (χ1v) is 6.18. The van der Waals surface area contributed by atoms with Crippen LogP contribution in [0.5, 0.6) is 0 Å². The molecular formula is C15H20N2. The fraction of sp³-hybridized carbons (Fsp3) is 0.533. The normalized spacial score (nSPS) is 16.4. The fourth-order valence-corrected chi connectivity index (χ4v) is 2.35. The molecule has 1 fully saturated rings. The Bertz CT molecular complexity index is 478. The van der Waals surface area contributed by atoms with Gasteiger partial charge in [0.25, 0.3) is 0 Å². The zero-order chi connectivity index (χ0) is 12.6. The summed E-state index contributed by atoms with van der Waals surface area (Å²) in [6.07, 6.45) is 2.11. The number of nitriles is 1. The van der Waals surface area contributed by atoms with E-state index < -0.39 is 0 Å². The van der Waals surface area contributed by atoms with Crippen molar-refractivity contribution in [2.75, 3.05) is 18.5 Å². The molecule has 1 saturated carbocycles. The molecule has 2 rings (SSSR count). The zero-order valence-corrected chi connectivity index (χ0v) is 11.2. The molecule has 0 saturated heterocycles. The first-order chi connectivity index (χ1) is 7.99. The van der Waals surface area contributed by atoms with Crippen LogP contribution >= 0.6 is 0 Å². The quantitative estimate of drug-likeness (QED) is 0.793. The summed E-state index contributed by atoms with van der Waals surface area (Å²) in [5, 5.41) is 9.14. The fourth-order valence-electron chi connectivity index (χ4n) is 2.35. The smallest absolute Gasteiger partial charge is 0.0749 e. The summed E-state index contributed by atoms with van der Waals surface area (Å²) in [5.41, 5.74) is 5.22. The number of hydrogen-bond acceptors (Lipinski definition) is 2. The van der Waals surface area contributed by atoms with E-state index in [1.165, 1.54) is 22.4 Å². The highest BCUT2D eigenvalue weighted by molar-refractivity contribution is 5.58. The lowest BCUT2D eigenvalue weighted by atomic mass is 10.0. The van der Waals surface area contributed by atoms with Gasteiger partial charge in [-0.25, -0.2) is 0 Å². The minimum Gasteiger partial charge on any atom is -0.373 e. The van der Waals surface area contributed by atoms with Gasteiger partial charge in [-0.15, -0.1) is 0 Å². The second-order valence-corrected chi connectivity index (χ2v) is 5.40. The van der Waals surface area contributed by atoms with Gasteiger partial charge in [-0.05, 0) is 56.4 Å². The van der Waals surface area contributed by atoms with Crippen LogP contribution in [0.3, 0.4) is 0 Å².